The Morgan fingerprint density at radius 1 is 1.09 bits per heavy atom. The Labute approximate surface area is 132 Å². The predicted octanol–water partition coefficient (Wildman–Crippen LogP) is 3.48. The van der Waals surface area contributed by atoms with Gasteiger partial charge in [-0.3, -0.25) is 9.59 Å². The first-order chi connectivity index (χ1) is 10.8. The van der Waals surface area contributed by atoms with Gasteiger partial charge < -0.3 is 10.4 Å². The number of nitrogens with one attached hydrogen (secondary N) is 1. The van der Waals surface area contributed by atoms with Crippen molar-refractivity contribution in [2.24, 2.45) is 0 Å². The van der Waals surface area contributed by atoms with Crippen LogP contribution in [0.4, 0.5) is 13.2 Å². The highest BCUT2D eigenvalue weighted by atomic mass is 19.4. The van der Waals surface area contributed by atoms with E-state index >= 15 is 0 Å². The first-order valence-corrected chi connectivity index (χ1v) is 7.14. The lowest BCUT2D eigenvalue weighted by molar-refractivity contribution is -0.138. The molecule has 0 atom stereocenters. The molecule has 1 aromatic carbocycles. The molecule has 23 heavy (non-hydrogen) atoms. The Kier molecular flexibility index (Phi) is 7.31. The molecule has 0 aromatic heterocycles. The average Bonchev–Trinajstić information content (AvgIpc) is 2.48. The second-order valence-electron chi connectivity index (χ2n) is 4.95. The molecular formula is C16H18F3NO3. The molecule has 126 valence electrons. The number of carboxylic acids is 1. The predicted molar refractivity (Wildman–Crippen MR) is 79.6 cm³/mol. The van der Waals surface area contributed by atoms with Crippen molar-refractivity contribution >= 4 is 18.0 Å². The second kappa shape index (κ2) is 8.97. The highest BCUT2D eigenvalue weighted by Crippen LogP contribution is 2.29. The van der Waals surface area contributed by atoms with Gasteiger partial charge in [-0.25, -0.2) is 0 Å². The number of carbonyl (C=O) groups excluding carboxylic acids is 1. The van der Waals surface area contributed by atoms with Crippen molar-refractivity contribution in [1.29, 1.82) is 0 Å². The van der Waals surface area contributed by atoms with E-state index in [1.165, 1.54) is 24.3 Å². The van der Waals surface area contributed by atoms with E-state index in [2.05, 4.69) is 5.32 Å². The Balaban J connectivity index is 2.31. The van der Waals surface area contributed by atoms with Crippen LogP contribution < -0.4 is 5.32 Å². The van der Waals surface area contributed by atoms with Gasteiger partial charge in [0.2, 0.25) is 5.91 Å². The minimum absolute atomic E-state index is 0.113. The van der Waals surface area contributed by atoms with E-state index in [4.69, 9.17) is 5.11 Å². The molecule has 0 aliphatic carbocycles. The molecule has 1 amide bonds. The summed E-state index contributed by atoms with van der Waals surface area (Å²) in [5.74, 6) is -1.18. The summed E-state index contributed by atoms with van der Waals surface area (Å²) in [7, 11) is 0. The van der Waals surface area contributed by atoms with Crippen molar-refractivity contribution in [2.45, 2.75) is 31.9 Å². The molecule has 0 saturated heterocycles. The summed E-state index contributed by atoms with van der Waals surface area (Å²) in [6.07, 6.45) is 0.358. The molecule has 1 rings (SSSR count). The van der Waals surface area contributed by atoms with Crippen LogP contribution in [0.1, 0.15) is 36.8 Å². The molecule has 2 N–H and O–H groups in total. The van der Waals surface area contributed by atoms with E-state index in [1.54, 1.807) is 0 Å². The Bertz CT molecular complexity index is 551. The third-order valence-corrected chi connectivity index (χ3v) is 3.03. The lowest BCUT2D eigenvalue weighted by Crippen LogP contribution is -2.22. The third kappa shape index (κ3) is 8.04. The fourth-order valence-electron chi connectivity index (χ4n) is 1.80. The van der Waals surface area contributed by atoms with Crippen LogP contribution in [0, 0.1) is 0 Å². The summed E-state index contributed by atoms with van der Waals surface area (Å²) in [6.45, 7) is 0.426. The van der Waals surface area contributed by atoms with E-state index in [1.807, 2.05) is 0 Å². The highest BCUT2D eigenvalue weighted by molar-refractivity contribution is 5.91. The summed E-state index contributed by atoms with van der Waals surface area (Å²) >= 11 is 0. The molecule has 1 aromatic rings. The van der Waals surface area contributed by atoms with Crippen LogP contribution >= 0.6 is 0 Å². The fraction of sp³-hybridized carbons (Fsp3) is 0.375. The SMILES string of the molecule is O=C(O)CCCCCNC(=O)/C=C/c1ccc(C(F)(F)F)cc1. The zero-order valence-corrected chi connectivity index (χ0v) is 12.4. The first kappa shape index (κ1) is 18.7. The summed E-state index contributed by atoms with van der Waals surface area (Å²) in [6, 6.07) is 4.50. The van der Waals surface area contributed by atoms with Gasteiger partial charge >= 0.3 is 12.1 Å². The first-order valence-electron chi connectivity index (χ1n) is 7.14. The Hall–Kier alpha value is -2.31. The molecule has 0 radical (unpaired) electrons. The van der Waals surface area contributed by atoms with Crippen molar-refractivity contribution in [3.63, 3.8) is 0 Å². The Morgan fingerprint density at radius 2 is 1.74 bits per heavy atom. The maximum absolute atomic E-state index is 12.4. The fourth-order valence-corrected chi connectivity index (χ4v) is 1.80. The van der Waals surface area contributed by atoms with Gasteiger partial charge in [0.05, 0.1) is 5.56 Å². The summed E-state index contributed by atoms with van der Waals surface area (Å²) in [5, 5.41) is 11.1. The number of hydrogen-bond acceptors (Lipinski definition) is 2. The van der Waals surface area contributed by atoms with Crippen molar-refractivity contribution in [3.8, 4) is 0 Å². The normalized spacial score (nSPS) is 11.6. The maximum Gasteiger partial charge on any atom is 0.416 e. The zero-order chi connectivity index (χ0) is 17.3. The lowest BCUT2D eigenvalue weighted by Gasteiger charge is -2.06. The largest absolute Gasteiger partial charge is 0.481 e. The molecule has 0 unspecified atom stereocenters. The number of carbonyl (C=O) groups is 2. The van der Waals surface area contributed by atoms with Crippen LogP contribution in [0.3, 0.4) is 0 Å². The van der Waals surface area contributed by atoms with Crippen molar-refractivity contribution in [3.05, 3.63) is 41.5 Å². The monoisotopic (exact) mass is 329 g/mol. The van der Waals surface area contributed by atoms with Crippen molar-refractivity contribution in [2.75, 3.05) is 6.54 Å². The quantitative estimate of drug-likeness (QED) is 0.567. The molecule has 0 spiro atoms. The van der Waals surface area contributed by atoms with E-state index in [-0.39, 0.29) is 12.3 Å². The number of carboxylic acid groups (broad SMARTS) is 1. The van der Waals surface area contributed by atoms with Gasteiger partial charge in [0.15, 0.2) is 0 Å². The molecular weight excluding hydrogens is 311 g/mol. The van der Waals surface area contributed by atoms with Gasteiger partial charge in [-0.1, -0.05) is 18.6 Å². The van der Waals surface area contributed by atoms with Crippen LogP contribution in [-0.2, 0) is 15.8 Å². The van der Waals surface area contributed by atoms with E-state index in [0.717, 1.165) is 12.1 Å². The molecule has 0 heterocycles. The van der Waals surface area contributed by atoms with Gasteiger partial charge in [-0.05, 0) is 36.6 Å². The molecule has 0 aliphatic heterocycles. The zero-order valence-electron chi connectivity index (χ0n) is 12.4. The van der Waals surface area contributed by atoms with Gasteiger partial charge in [-0.15, -0.1) is 0 Å². The average molecular weight is 329 g/mol. The van der Waals surface area contributed by atoms with Crippen LogP contribution in [0.5, 0.6) is 0 Å². The van der Waals surface area contributed by atoms with Crippen molar-refractivity contribution in [1.82, 2.24) is 5.32 Å². The van der Waals surface area contributed by atoms with E-state index < -0.39 is 17.7 Å². The summed E-state index contributed by atoms with van der Waals surface area (Å²) in [4.78, 5) is 21.8. The number of benzene rings is 1. The highest BCUT2D eigenvalue weighted by Gasteiger charge is 2.29. The van der Waals surface area contributed by atoms with Gasteiger partial charge in [0, 0.05) is 19.0 Å². The smallest absolute Gasteiger partial charge is 0.416 e. The minimum Gasteiger partial charge on any atom is -0.481 e. The van der Waals surface area contributed by atoms with Crippen LogP contribution in [0.15, 0.2) is 30.3 Å². The van der Waals surface area contributed by atoms with Gasteiger partial charge in [-0.2, -0.15) is 13.2 Å². The van der Waals surface area contributed by atoms with Crippen LogP contribution in [-0.4, -0.2) is 23.5 Å². The summed E-state index contributed by atoms with van der Waals surface area (Å²) < 4.78 is 37.2. The summed E-state index contributed by atoms with van der Waals surface area (Å²) in [5.41, 5.74) is -0.241. The molecule has 0 aliphatic rings. The number of alkyl halides is 3. The van der Waals surface area contributed by atoms with Gasteiger partial charge in [0.1, 0.15) is 0 Å². The van der Waals surface area contributed by atoms with E-state index in [0.29, 0.717) is 31.4 Å². The molecule has 4 nitrogen and oxygen atoms in total. The lowest BCUT2D eigenvalue weighted by atomic mass is 10.1. The molecule has 7 heteroatoms. The minimum atomic E-state index is -4.37. The number of amides is 1. The Morgan fingerprint density at radius 3 is 2.30 bits per heavy atom. The number of unbranched alkanes of at least 4 members (excludes halogenated alkanes) is 2. The van der Waals surface area contributed by atoms with Crippen molar-refractivity contribution < 1.29 is 27.9 Å². The molecule has 0 bridgehead atoms. The van der Waals surface area contributed by atoms with Gasteiger partial charge in [0.25, 0.3) is 0 Å². The maximum atomic E-state index is 12.4. The molecule has 0 saturated carbocycles. The number of halogens is 3. The number of rotatable bonds is 8. The number of aliphatic carboxylic acids is 1. The second-order valence-corrected chi connectivity index (χ2v) is 4.95. The van der Waals surface area contributed by atoms with E-state index in [9.17, 15) is 22.8 Å². The standard InChI is InChI=1S/C16H18F3NO3/c17-16(18,19)13-8-5-12(6-9-13)7-10-14(21)20-11-3-1-2-4-15(22)23/h5-10H,1-4,11H2,(H,20,21)(H,22,23)/b10-7+. The number of hydrogen-bond donors (Lipinski definition) is 2. The van der Waals surface area contributed by atoms with Crippen LogP contribution in [0.2, 0.25) is 0 Å². The molecule has 0 fully saturated rings. The van der Waals surface area contributed by atoms with Crippen LogP contribution in [0.25, 0.3) is 6.08 Å². The topological polar surface area (TPSA) is 66.4 Å². The third-order valence-electron chi connectivity index (χ3n) is 3.03.